The maximum Gasteiger partial charge on any atom is 0.126 e. The van der Waals surface area contributed by atoms with Crippen LogP contribution in [0.2, 0.25) is 0 Å². The van der Waals surface area contributed by atoms with Crippen LogP contribution in [0.3, 0.4) is 0 Å². The van der Waals surface area contributed by atoms with Crippen LogP contribution in [0.25, 0.3) is 16.7 Å². The summed E-state index contributed by atoms with van der Waals surface area (Å²) in [6, 6.07) is 14.8. The zero-order chi connectivity index (χ0) is 19.4. The lowest BCUT2D eigenvalue weighted by atomic mass is 9.83. The first-order valence-electron chi connectivity index (χ1n) is 9.55. The van der Waals surface area contributed by atoms with Crippen LogP contribution in [0.4, 0.5) is 5.69 Å². The molecule has 0 amide bonds. The second-order valence-electron chi connectivity index (χ2n) is 7.75. The van der Waals surface area contributed by atoms with Gasteiger partial charge in [-0.15, -0.1) is 6.58 Å². The second-order valence-corrected chi connectivity index (χ2v) is 7.75. The number of para-hydroxylation sites is 1. The first-order chi connectivity index (χ1) is 12.9. The van der Waals surface area contributed by atoms with E-state index in [1.54, 1.807) is 7.11 Å². The molecule has 2 N–H and O–H groups in total. The number of fused-ring (bicyclic) bond motifs is 1. The maximum atomic E-state index is 5.57. The highest BCUT2D eigenvalue weighted by Crippen LogP contribution is 2.41. The second kappa shape index (κ2) is 8.01. The third-order valence-electron chi connectivity index (χ3n) is 4.99. The number of nitrogens with one attached hydrogen (secondary N) is 2. The van der Waals surface area contributed by atoms with Gasteiger partial charge in [0, 0.05) is 29.9 Å². The van der Waals surface area contributed by atoms with Crippen molar-refractivity contribution in [3.63, 3.8) is 0 Å². The normalized spacial score (nSPS) is 15.9. The summed E-state index contributed by atoms with van der Waals surface area (Å²) in [5.41, 5.74) is 6.05. The molecule has 0 spiro atoms. The fourth-order valence-corrected chi connectivity index (χ4v) is 3.71. The molecule has 27 heavy (non-hydrogen) atoms. The molecule has 0 fully saturated rings. The SMILES string of the molecule is C=CCNCC(C)C1=CC(C)(C)Nc2ccc(-c3ccccc3OC)cc21. The molecule has 2 aromatic carbocycles. The first-order valence-corrected chi connectivity index (χ1v) is 9.55. The van der Waals surface area contributed by atoms with Crippen LogP contribution < -0.4 is 15.4 Å². The van der Waals surface area contributed by atoms with E-state index in [4.69, 9.17) is 4.74 Å². The fraction of sp³-hybridized carbons (Fsp3) is 0.333. The van der Waals surface area contributed by atoms with Gasteiger partial charge in [0.2, 0.25) is 0 Å². The Hall–Kier alpha value is -2.52. The van der Waals surface area contributed by atoms with E-state index in [1.807, 2.05) is 18.2 Å². The van der Waals surface area contributed by atoms with Crippen molar-refractivity contribution >= 4 is 11.3 Å². The number of methoxy groups -OCH3 is 1. The predicted molar refractivity (Wildman–Crippen MR) is 116 cm³/mol. The molecule has 142 valence electrons. The Morgan fingerprint density at radius 1 is 1.19 bits per heavy atom. The largest absolute Gasteiger partial charge is 0.496 e. The van der Waals surface area contributed by atoms with E-state index < -0.39 is 0 Å². The molecule has 0 saturated heterocycles. The average molecular weight is 363 g/mol. The molecule has 3 rings (SSSR count). The zero-order valence-electron chi connectivity index (χ0n) is 16.8. The van der Waals surface area contributed by atoms with Gasteiger partial charge in [-0.25, -0.2) is 0 Å². The van der Waals surface area contributed by atoms with Gasteiger partial charge in [-0.3, -0.25) is 0 Å². The zero-order valence-corrected chi connectivity index (χ0v) is 16.8. The Morgan fingerprint density at radius 2 is 1.96 bits per heavy atom. The molecule has 3 heteroatoms. The van der Waals surface area contributed by atoms with Gasteiger partial charge in [0.25, 0.3) is 0 Å². The smallest absolute Gasteiger partial charge is 0.126 e. The summed E-state index contributed by atoms with van der Waals surface area (Å²) in [5, 5.41) is 7.11. The number of benzene rings is 2. The molecule has 0 aromatic heterocycles. The van der Waals surface area contributed by atoms with E-state index in [-0.39, 0.29) is 5.54 Å². The summed E-state index contributed by atoms with van der Waals surface area (Å²) in [7, 11) is 1.72. The monoisotopic (exact) mass is 362 g/mol. The van der Waals surface area contributed by atoms with Crippen LogP contribution in [0, 0.1) is 5.92 Å². The number of hydrogen-bond donors (Lipinski definition) is 2. The lowest BCUT2D eigenvalue weighted by Gasteiger charge is -2.34. The molecule has 3 nitrogen and oxygen atoms in total. The van der Waals surface area contributed by atoms with E-state index in [9.17, 15) is 0 Å². The van der Waals surface area contributed by atoms with Gasteiger partial charge in [0.15, 0.2) is 0 Å². The van der Waals surface area contributed by atoms with Crippen molar-refractivity contribution in [2.45, 2.75) is 26.3 Å². The quantitative estimate of drug-likeness (QED) is 0.514. The van der Waals surface area contributed by atoms with Gasteiger partial charge in [-0.05, 0) is 49.1 Å². The van der Waals surface area contributed by atoms with E-state index in [2.05, 4.69) is 74.4 Å². The van der Waals surface area contributed by atoms with E-state index in [1.165, 1.54) is 22.4 Å². The van der Waals surface area contributed by atoms with Crippen LogP contribution >= 0.6 is 0 Å². The van der Waals surface area contributed by atoms with Crippen LogP contribution in [0.5, 0.6) is 5.75 Å². The first kappa shape index (κ1) is 19.2. The number of anilines is 1. The van der Waals surface area contributed by atoms with Gasteiger partial charge < -0.3 is 15.4 Å². The van der Waals surface area contributed by atoms with Crippen LogP contribution in [-0.2, 0) is 0 Å². The Balaban J connectivity index is 2.02. The Kier molecular flexibility index (Phi) is 5.71. The summed E-state index contributed by atoms with van der Waals surface area (Å²) >= 11 is 0. The Labute approximate surface area is 163 Å². The summed E-state index contributed by atoms with van der Waals surface area (Å²) in [4.78, 5) is 0. The van der Waals surface area contributed by atoms with Crippen LogP contribution in [0.1, 0.15) is 26.3 Å². The van der Waals surface area contributed by atoms with Crippen molar-refractivity contribution in [2.75, 3.05) is 25.5 Å². The summed E-state index contributed by atoms with van der Waals surface area (Å²) in [5.74, 6) is 1.30. The van der Waals surface area contributed by atoms with E-state index >= 15 is 0 Å². The average Bonchev–Trinajstić information content (AvgIpc) is 2.66. The molecule has 0 aliphatic carbocycles. The van der Waals surface area contributed by atoms with Crippen LogP contribution in [-0.4, -0.2) is 25.7 Å². The van der Waals surface area contributed by atoms with E-state index in [0.717, 1.165) is 24.4 Å². The van der Waals surface area contributed by atoms with Crippen molar-refractivity contribution in [3.05, 3.63) is 66.8 Å². The molecule has 1 heterocycles. The molecule has 1 aliphatic rings. The summed E-state index contributed by atoms with van der Waals surface area (Å²) < 4.78 is 5.57. The number of rotatable bonds is 7. The molecular weight excluding hydrogens is 332 g/mol. The third-order valence-corrected chi connectivity index (χ3v) is 4.99. The van der Waals surface area contributed by atoms with Crippen molar-refractivity contribution in [1.82, 2.24) is 5.32 Å². The topological polar surface area (TPSA) is 33.3 Å². The predicted octanol–water partition coefficient (Wildman–Crippen LogP) is 5.36. The Morgan fingerprint density at radius 3 is 2.70 bits per heavy atom. The standard InChI is InChI=1S/C24H30N2O/c1-6-13-25-16-17(2)21-15-24(3,4)26-22-12-11-18(14-20(21)22)19-9-7-8-10-23(19)27-5/h6-12,14-15,17,25-26H,1,13,16H2,2-5H3. The molecule has 1 unspecified atom stereocenters. The molecular formula is C24H30N2O. The minimum atomic E-state index is -0.0685. The highest BCUT2D eigenvalue weighted by molar-refractivity contribution is 5.86. The van der Waals surface area contributed by atoms with Crippen molar-refractivity contribution in [1.29, 1.82) is 0 Å². The van der Waals surface area contributed by atoms with E-state index in [0.29, 0.717) is 5.92 Å². The molecule has 0 radical (unpaired) electrons. The Bertz CT molecular complexity index is 851. The third kappa shape index (κ3) is 4.25. The molecule has 0 bridgehead atoms. The maximum absolute atomic E-state index is 5.57. The van der Waals surface area contributed by atoms with Crippen LogP contribution in [0.15, 0.2) is 61.2 Å². The van der Waals surface area contributed by atoms with Gasteiger partial charge >= 0.3 is 0 Å². The number of ether oxygens (including phenoxy) is 1. The van der Waals surface area contributed by atoms with Crippen molar-refractivity contribution < 1.29 is 4.74 Å². The van der Waals surface area contributed by atoms with Gasteiger partial charge in [-0.2, -0.15) is 0 Å². The fourth-order valence-electron chi connectivity index (χ4n) is 3.71. The van der Waals surface area contributed by atoms with Crippen molar-refractivity contribution in [2.24, 2.45) is 5.92 Å². The lowest BCUT2D eigenvalue weighted by Crippen LogP contribution is -2.34. The summed E-state index contributed by atoms with van der Waals surface area (Å²) in [6.07, 6.45) is 4.27. The van der Waals surface area contributed by atoms with Gasteiger partial charge in [0.1, 0.15) is 5.75 Å². The minimum absolute atomic E-state index is 0.0685. The van der Waals surface area contributed by atoms with Gasteiger partial charge in [0.05, 0.1) is 12.6 Å². The highest BCUT2D eigenvalue weighted by atomic mass is 16.5. The lowest BCUT2D eigenvalue weighted by molar-refractivity contribution is 0.416. The molecule has 0 saturated carbocycles. The molecule has 1 aliphatic heterocycles. The molecule has 1 atom stereocenters. The van der Waals surface area contributed by atoms with Gasteiger partial charge in [-0.1, -0.05) is 43.3 Å². The highest BCUT2D eigenvalue weighted by Gasteiger charge is 2.27. The molecule has 2 aromatic rings. The number of hydrogen-bond acceptors (Lipinski definition) is 3. The van der Waals surface area contributed by atoms with Crippen molar-refractivity contribution in [3.8, 4) is 16.9 Å². The summed E-state index contributed by atoms with van der Waals surface area (Å²) in [6.45, 7) is 12.3. The minimum Gasteiger partial charge on any atom is -0.496 e.